The minimum atomic E-state index is -1.13. The van der Waals surface area contributed by atoms with E-state index in [1.165, 1.54) is 7.11 Å². The number of methoxy groups -OCH3 is 1. The fourth-order valence-corrected chi connectivity index (χ4v) is 6.74. The summed E-state index contributed by atoms with van der Waals surface area (Å²) in [7, 11) is 1.43. The molecule has 7 rings (SSSR count). The van der Waals surface area contributed by atoms with Gasteiger partial charge in [-0.3, -0.25) is 0 Å². The molecule has 2 fully saturated rings. The van der Waals surface area contributed by atoms with E-state index in [1.807, 2.05) is 91.0 Å². The predicted molar refractivity (Wildman–Crippen MR) is 208 cm³/mol. The number of esters is 2. The van der Waals surface area contributed by atoms with Crippen LogP contribution < -0.4 is 0 Å². The van der Waals surface area contributed by atoms with Crippen LogP contribution in [0.3, 0.4) is 0 Å². The van der Waals surface area contributed by atoms with Crippen LogP contribution in [0.15, 0.2) is 152 Å². The lowest BCUT2D eigenvalue weighted by atomic mass is 10.1. The molecule has 0 saturated carbocycles. The Kier molecular flexibility index (Phi) is 14.2. The first-order valence-corrected chi connectivity index (χ1v) is 19.0. The summed E-state index contributed by atoms with van der Waals surface area (Å²) in [5.41, 5.74) is 3.60. The number of carbonyl (C=O) groups is 2. The Bertz CT molecular complexity index is 1950. The third-order valence-corrected chi connectivity index (χ3v) is 9.66. The Balaban J connectivity index is 1.12. The minimum absolute atomic E-state index is 0.148. The van der Waals surface area contributed by atoms with Crippen molar-refractivity contribution in [2.75, 3.05) is 20.3 Å². The number of hydrogen-bond donors (Lipinski definition) is 0. The lowest BCUT2D eigenvalue weighted by molar-refractivity contribution is -0.210. The Morgan fingerprint density at radius 1 is 0.456 bits per heavy atom. The summed E-state index contributed by atoms with van der Waals surface area (Å²) in [4.78, 5) is 26.8. The van der Waals surface area contributed by atoms with Gasteiger partial charge in [-0.1, -0.05) is 127 Å². The van der Waals surface area contributed by atoms with Crippen LogP contribution in [-0.2, 0) is 62.5 Å². The molecule has 0 aromatic heterocycles. The van der Waals surface area contributed by atoms with Gasteiger partial charge in [0.05, 0.1) is 44.2 Å². The first kappa shape index (κ1) is 40.0. The van der Waals surface area contributed by atoms with Gasteiger partial charge in [-0.2, -0.15) is 0 Å². The molecule has 2 heterocycles. The highest BCUT2D eigenvalue weighted by atomic mass is 16.8. The average molecular weight is 775 g/mol. The molecule has 0 spiro atoms. The SMILES string of the molecule is CO[C@H]1O[C@H](CO[C@@H]2O[C@H](COCc3ccccc3)[C@@H](OCc3ccccc3)[C@@H]2OCc2ccccc2)[C@@H](OC(=O)c2ccccc2)[C@@H]1OC(=O)c1ccccc1. The summed E-state index contributed by atoms with van der Waals surface area (Å²) < 4.78 is 56.3. The van der Waals surface area contributed by atoms with Crippen LogP contribution >= 0.6 is 0 Å². The van der Waals surface area contributed by atoms with E-state index in [1.54, 1.807) is 60.7 Å². The molecule has 0 radical (unpaired) electrons. The molecular formula is C46H46O11. The second-order valence-corrected chi connectivity index (χ2v) is 13.6. The maximum atomic E-state index is 13.5. The molecule has 0 bridgehead atoms. The third-order valence-electron chi connectivity index (χ3n) is 9.66. The lowest BCUT2D eigenvalue weighted by Gasteiger charge is -2.27. The fraction of sp³-hybridized carbons (Fsp3) is 0.304. The second kappa shape index (κ2) is 20.3. The summed E-state index contributed by atoms with van der Waals surface area (Å²) in [6.07, 6.45) is -7.10. The third kappa shape index (κ3) is 10.8. The number of benzene rings is 5. The molecule has 57 heavy (non-hydrogen) atoms. The quantitative estimate of drug-likeness (QED) is 0.0863. The van der Waals surface area contributed by atoms with Gasteiger partial charge in [0, 0.05) is 7.11 Å². The van der Waals surface area contributed by atoms with E-state index in [0.29, 0.717) is 24.3 Å². The second-order valence-electron chi connectivity index (χ2n) is 13.6. The highest BCUT2D eigenvalue weighted by Gasteiger charge is 2.52. The molecule has 0 aliphatic carbocycles. The summed E-state index contributed by atoms with van der Waals surface area (Å²) in [5.74, 6) is -1.25. The van der Waals surface area contributed by atoms with Gasteiger partial charge in [0.15, 0.2) is 24.8 Å². The van der Waals surface area contributed by atoms with Gasteiger partial charge >= 0.3 is 11.9 Å². The fourth-order valence-electron chi connectivity index (χ4n) is 6.74. The van der Waals surface area contributed by atoms with E-state index in [-0.39, 0.29) is 19.8 Å². The molecule has 11 heteroatoms. The number of ether oxygens (including phenoxy) is 9. The van der Waals surface area contributed by atoms with Crippen LogP contribution in [0.4, 0.5) is 0 Å². The maximum Gasteiger partial charge on any atom is 0.338 e. The molecule has 11 nitrogen and oxygen atoms in total. The molecule has 2 aliphatic heterocycles. The van der Waals surface area contributed by atoms with E-state index in [0.717, 1.165) is 16.7 Å². The topological polar surface area (TPSA) is 117 Å². The average Bonchev–Trinajstić information content (AvgIpc) is 3.77. The number of carbonyl (C=O) groups excluding carboxylic acids is 2. The van der Waals surface area contributed by atoms with Crippen molar-refractivity contribution in [3.8, 4) is 0 Å². The maximum absolute atomic E-state index is 13.5. The molecule has 5 aromatic rings. The normalized spacial score (nSPS) is 24.2. The monoisotopic (exact) mass is 774 g/mol. The zero-order valence-electron chi connectivity index (χ0n) is 31.6. The Hall–Kier alpha value is -5.24. The van der Waals surface area contributed by atoms with Crippen molar-refractivity contribution in [2.45, 2.75) is 69.0 Å². The molecule has 8 atom stereocenters. The minimum Gasteiger partial charge on any atom is -0.452 e. The van der Waals surface area contributed by atoms with E-state index < -0.39 is 61.1 Å². The van der Waals surface area contributed by atoms with Crippen molar-refractivity contribution in [3.63, 3.8) is 0 Å². The van der Waals surface area contributed by atoms with E-state index >= 15 is 0 Å². The molecule has 296 valence electrons. The first-order valence-electron chi connectivity index (χ1n) is 19.0. The smallest absolute Gasteiger partial charge is 0.338 e. The van der Waals surface area contributed by atoms with Crippen LogP contribution in [0.25, 0.3) is 0 Å². The molecule has 0 amide bonds. The Morgan fingerprint density at radius 2 is 0.877 bits per heavy atom. The number of rotatable bonds is 18. The van der Waals surface area contributed by atoms with Gasteiger partial charge in [-0.25, -0.2) is 9.59 Å². The van der Waals surface area contributed by atoms with Crippen LogP contribution in [-0.4, -0.2) is 81.5 Å². The van der Waals surface area contributed by atoms with Crippen molar-refractivity contribution in [3.05, 3.63) is 179 Å². The van der Waals surface area contributed by atoms with Gasteiger partial charge in [0.1, 0.15) is 24.4 Å². The van der Waals surface area contributed by atoms with Crippen molar-refractivity contribution >= 4 is 11.9 Å². The molecule has 2 saturated heterocycles. The van der Waals surface area contributed by atoms with Gasteiger partial charge in [0.2, 0.25) is 0 Å². The largest absolute Gasteiger partial charge is 0.452 e. The van der Waals surface area contributed by atoms with Crippen molar-refractivity contribution in [1.29, 1.82) is 0 Å². The summed E-state index contributed by atoms with van der Waals surface area (Å²) >= 11 is 0. The Labute approximate surface area is 332 Å². The zero-order valence-corrected chi connectivity index (χ0v) is 31.6. The molecule has 0 unspecified atom stereocenters. The molecule has 2 aliphatic rings. The van der Waals surface area contributed by atoms with Gasteiger partial charge in [-0.05, 0) is 41.0 Å². The molecular weight excluding hydrogens is 728 g/mol. The standard InChI is InChI=1S/C46H46O11/c1-49-45-42(57-44(48)36-25-15-6-16-26-36)40(56-43(47)35-23-13-5-14-24-35)38(54-45)31-53-46-41(52-29-34-21-11-4-12-22-34)39(51-28-33-19-9-3-10-20-33)37(55-46)30-50-27-32-17-7-2-8-18-32/h2-26,37-42,45-46H,27-31H2,1H3/t37-,38-,39-,40-,41+,42+,45+,46-/m1/s1. The van der Waals surface area contributed by atoms with Gasteiger partial charge in [0.25, 0.3) is 0 Å². The van der Waals surface area contributed by atoms with E-state index in [4.69, 9.17) is 42.6 Å². The van der Waals surface area contributed by atoms with Crippen molar-refractivity contribution in [2.24, 2.45) is 0 Å². The van der Waals surface area contributed by atoms with Crippen LogP contribution in [0.2, 0.25) is 0 Å². The highest BCUT2D eigenvalue weighted by Crippen LogP contribution is 2.33. The van der Waals surface area contributed by atoms with Crippen molar-refractivity contribution in [1.82, 2.24) is 0 Å². The molecule has 0 N–H and O–H groups in total. The highest BCUT2D eigenvalue weighted by molar-refractivity contribution is 5.90. The van der Waals surface area contributed by atoms with Gasteiger partial charge < -0.3 is 42.6 Å². The lowest BCUT2D eigenvalue weighted by Crippen LogP contribution is -2.43. The van der Waals surface area contributed by atoms with E-state index in [9.17, 15) is 9.59 Å². The van der Waals surface area contributed by atoms with Crippen LogP contribution in [0.5, 0.6) is 0 Å². The van der Waals surface area contributed by atoms with Crippen molar-refractivity contribution < 1.29 is 52.2 Å². The van der Waals surface area contributed by atoms with Gasteiger partial charge in [-0.15, -0.1) is 0 Å². The predicted octanol–water partition coefficient (Wildman–Crippen LogP) is 6.94. The van der Waals surface area contributed by atoms with Crippen LogP contribution in [0, 0.1) is 0 Å². The molecule has 5 aromatic carbocycles. The van der Waals surface area contributed by atoms with E-state index in [2.05, 4.69) is 0 Å². The summed E-state index contributed by atoms with van der Waals surface area (Å²) in [6.45, 7) is 0.983. The van der Waals surface area contributed by atoms with Crippen LogP contribution in [0.1, 0.15) is 37.4 Å². The Morgan fingerprint density at radius 3 is 1.39 bits per heavy atom. The summed E-state index contributed by atoms with van der Waals surface area (Å²) in [5, 5.41) is 0. The zero-order chi connectivity index (χ0) is 39.2. The first-order chi connectivity index (χ1) is 28.1. The number of hydrogen-bond acceptors (Lipinski definition) is 11. The summed E-state index contributed by atoms with van der Waals surface area (Å²) in [6, 6.07) is 46.6.